The number of carbonyl (C=O) groups is 2. The lowest BCUT2D eigenvalue weighted by Crippen LogP contribution is -2.12. The van der Waals surface area contributed by atoms with E-state index in [9.17, 15) is 9.59 Å². The number of anilines is 1. The van der Waals surface area contributed by atoms with Gasteiger partial charge in [-0.15, -0.1) is 0 Å². The molecule has 7 heteroatoms. The number of benzene rings is 2. The summed E-state index contributed by atoms with van der Waals surface area (Å²) in [5, 5.41) is 2.64. The van der Waals surface area contributed by atoms with Gasteiger partial charge in [0, 0.05) is 11.6 Å². The lowest BCUT2D eigenvalue weighted by molar-refractivity contribution is 0.0597. The normalized spacial score (nSPS) is 9.92. The van der Waals surface area contributed by atoms with Crippen LogP contribution in [0.1, 0.15) is 10.4 Å². The fraction of sp³-hybridized carbons (Fsp3) is 0.222. The zero-order valence-corrected chi connectivity index (χ0v) is 14.4. The van der Waals surface area contributed by atoms with Crippen molar-refractivity contribution < 1.29 is 28.5 Å². The molecule has 1 amide bonds. The Balaban J connectivity index is 2.56. The molecule has 0 aliphatic rings. The van der Waals surface area contributed by atoms with Crippen molar-refractivity contribution in [3.8, 4) is 22.6 Å². The first-order valence-corrected chi connectivity index (χ1v) is 7.33. The molecule has 0 fully saturated rings. The fourth-order valence-corrected chi connectivity index (χ4v) is 2.31. The molecular formula is C18H19NO6. The molecule has 0 saturated carbocycles. The van der Waals surface area contributed by atoms with Crippen LogP contribution >= 0.6 is 0 Å². The van der Waals surface area contributed by atoms with E-state index in [1.807, 2.05) is 0 Å². The highest BCUT2D eigenvalue weighted by Crippen LogP contribution is 2.34. The molecule has 0 aliphatic heterocycles. The highest BCUT2D eigenvalue weighted by molar-refractivity contribution is 5.96. The Labute approximate surface area is 145 Å². The van der Waals surface area contributed by atoms with Crippen LogP contribution in [0.25, 0.3) is 11.1 Å². The lowest BCUT2D eigenvalue weighted by atomic mass is 10.0. The van der Waals surface area contributed by atoms with Crippen molar-refractivity contribution >= 4 is 17.7 Å². The van der Waals surface area contributed by atoms with Gasteiger partial charge in [-0.3, -0.25) is 5.32 Å². The molecular weight excluding hydrogens is 326 g/mol. The van der Waals surface area contributed by atoms with E-state index in [4.69, 9.17) is 14.2 Å². The molecule has 1 N–H and O–H groups in total. The number of nitrogens with one attached hydrogen (secondary N) is 1. The minimum atomic E-state index is -0.615. The second-order valence-corrected chi connectivity index (χ2v) is 4.93. The van der Waals surface area contributed by atoms with Crippen LogP contribution in [0.3, 0.4) is 0 Å². The number of carbonyl (C=O) groups excluding carboxylic acids is 2. The molecule has 2 aromatic carbocycles. The third kappa shape index (κ3) is 4.00. The summed E-state index contributed by atoms with van der Waals surface area (Å²) in [4.78, 5) is 23.6. The van der Waals surface area contributed by atoms with E-state index in [1.54, 1.807) is 36.4 Å². The van der Waals surface area contributed by atoms with E-state index in [0.717, 1.165) is 0 Å². The summed E-state index contributed by atoms with van der Waals surface area (Å²) in [6, 6.07) is 10.2. The van der Waals surface area contributed by atoms with Crippen LogP contribution in [0.15, 0.2) is 36.4 Å². The third-order valence-corrected chi connectivity index (χ3v) is 3.56. The van der Waals surface area contributed by atoms with Crippen LogP contribution in [-0.4, -0.2) is 40.5 Å². The molecule has 0 heterocycles. The molecule has 132 valence electrons. The van der Waals surface area contributed by atoms with Gasteiger partial charge in [0.2, 0.25) is 0 Å². The van der Waals surface area contributed by atoms with Gasteiger partial charge in [0.15, 0.2) is 0 Å². The van der Waals surface area contributed by atoms with Gasteiger partial charge in [0.25, 0.3) is 0 Å². The molecule has 0 spiro atoms. The molecule has 25 heavy (non-hydrogen) atoms. The summed E-state index contributed by atoms with van der Waals surface area (Å²) in [6.07, 6.45) is -0.615. The summed E-state index contributed by atoms with van der Waals surface area (Å²) in [5.41, 5.74) is 2.13. The van der Waals surface area contributed by atoms with Gasteiger partial charge in [0.1, 0.15) is 17.1 Å². The van der Waals surface area contributed by atoms with Crippen LogP contribution in [0.2, 0.25) is 0 Å². The third-order valence-electron chi connectivity index (χ3n) is 3.56. The number of hydrogen-bond acceptors (Lipinski definition) is 6. The van der Waals surface area contributed by atoms with E-state index >= 15 is 0 Å². The van der Waals surface area contributed by atoms with Gasteiger partial charge >= 0.3 is 12.1 Å². The fourth-order valence-electron chi connectivity index (χ4n) is 2.31. The van der Waals surface area contributed by atoms with Crippen molar-refractivity contribution in [1.82, 2.24) is 0 Å². The average molecular weight is 345 g/mol. The van der Waals surface area contributed by atoms with Crippen LogP contribution in [-0.2, 0) is 9.47 Å². The second-order valence-electron chi connectivity index (χ2n) is 4.93. The van der Waals surface area contributed by atoms with E-state index < -0.39 is 12.1 Å². The largest absolute Gasteiger partial charge is 0.497 e. The first kappa shape index (κ1) is 18.1. The number of ether oxygens (including phenoxy) is 4. The average Bonchev–Trinajstić information content (AvgIpc) is 2.66. The molecule has 0 atom stereocenters. The van der Waals surface area contributed by atoms with Crippen LogP contribution in [0, 0.1) is 0 Å². The summed E-state index contributed by atoms with van der Waals surface area (Å²) < 4.78 is 19.8. The van der Waals surface area contributed by atoms with Crippen LogP contribution in [0.4, 0.5) is 10.5 Å². The number of amides is 1. The van der Waals surface area contributed by atoms with Crippen molar-refractivity contribution in [2.45, 2.75) is 0 Å². The maximum Gasteiger partial charge on any atom is 0.411 e. The van der Waals surface area contributed by atoms with Gasteiger partial charge in [-0.1, -0.05) is 6.07 Å². The first-order valence-electron chi connectivity index (χ1n) is 7.33. The van der Waals surface area contributed by atoms with Crippen LogP contribution in [0.5, 0.6) is 11.5 Å². The maximum atomic E-state index is 12.0. The minimum Gasteiger partial charge on any atom is -0.497 e. The summed E-state index contributed by atoms with van der Waals surface area (Å²) >= 11 is 0. The van der Waals surface area contributed by atoms with E-state index in [-0.39, 0.29) is 5.56 Å². The van der Waals surface area contributed by atoms with Crippen molar-refractivity contribution in [3.63, 3.8) is 0 Å². The summed E-state index contributed by atoms with van der Waals surface area (Å²) in [6.45, 7) is 0. The Bertz CT molecular complexity index is 787. The lowest BCUT2D eigenvalue weighted by Gasteiger charge is -2.14. The Kier molecular flexibility index (Phi) is 5.84. The van der Waals surface area contributed by atoms with Gasteiger partial charge in [-0.2, -0.15) is 0 Å². The Morgan fingerprint density at radius 1 is 0.880 bits per heavy atom. The zero-order valence-electron chi connectivity index (χ0n) is 14.4. The Hall–Kier alpha value is -3.22. The van der Waals surface area contributed by atoms with Gasteiger partial charge in [0.05, 0.1) is 34.1 Å². The quantitative estimate of drug-likeness (QED) is 0.837. The number of rotatable bonds is 5. The van der Waals surface area contributed by atoms with Crippen molar-refractivity contribution in [1.29, 1.82) is 0 Å². The Morgan fingerprint density at radius 2 is 1.64 bits per heavy atom. The monoisotopic (exact) mass is 345 g/mol. The number of methoxy groups -OCH3 is 4. The highest BCUT2D eigenvalue weighted by Gasteiger charge is 2.16. The van der Waals surface area contributed by atoms with E-state index in [1.165, 1.54) is 28.4 Å². The molecule has 7 nitrogen and oxygen atoms in total. The van der Waals surface area contributed by atoms with E-state index in [0.29, 0.717) is 28.3 Å². The first-order chi connectivity index (χ1) is 12.0. The molecule has 2 rings (SSSR count). The summed E-state index contributed by atoms with van der Waals surface area (Å²) in [5.74, 6) is 0.443. The number of hydrogen-bond donors (Lipinski definition) is 1. The van der Waals surface area contributed by atoms with Crippen molar-refractivity contribution in [2.75, 3.05) is 33.8 Å². The maximum absolute atomic E-state index is 12.0. The highest BCUT2D eigenvalue weighted by atomic mass is 16.5. The molecule has 0 unspecified atom stereocenters. The SMILES string of the molecule is COC(=O)Nc1cc(OC)ccc1-c1ccc(OC)c(C(=O)OC)c1. The van der Waals surface area contributed by atoms with Gasteiger partial charge in [-0.25, -0.2) is 9.59 Å². The molecule has 0 aliphatic carbocycles. The molecule has 0 aromatic heterocycles. The standard InChI is InChI=1S/C18H19NO6/c1-22-12-6-7-13(15(10-12)19-18(21)25-4)11-5-8-16(23-2)14(9-11)17(20)24-3/h5-10H,1-4H3,(H,19,21). The van der Waals surface area contributed by atoms with Gasteiger partial charge < -0.3 is 18.9 Å². The molecule has 0 saturated heterocycles. The van der Waals surface area contributed by atoms with Crippen LogP contribution < -0.4 is 14.8 Å². The second kappa shape index (κ2) is 8.05. The molecule has 0 radical (unpaired) electrons. The minimum absolute atomic E-state index is 0.280. The predicted molar refractivity (Wildman–Crippen MR) is 92.3 cm³/mol. The van der Waals surface area contributed by atoms with Crippen molar-refractivity contribution in [3.05, 3.63) is 42.0 Å². The topological polar surface area (TPSA) is 83.1 Å². The Morgan fingerprint density at radius 3 is 2.24 bits per heavy atom. The summed E-state index contributed by atoms with van der Waals surface area (Å²) in [7, 11) is 5.57. The van der Waals surface area contributed by atoms with Crippen molar-refractivity contribution in [2.24, 2.45) is 0 Å². The van der Waals surface area contributed by atoms with E-state index in [2.05, 4.69) is 10.1 Å². The van der Waals surface area contributed by atoms with Gasteiger partial charge in [-0.05, 0) is 29.8 Å². The zero-order chi connectivity index (χ0) is 18.4. The molecule has 0 bridgehead atoms. The predicted octanol–water partition coefficient (Wildman–Crippen LogP) is 3.34. The smallest absolute Gasteiger partial charge is 0.411 e. The molecule has 2 aromatic rings. The number of esters is 1.